The molecule has 110 valence electrons. The van der Waals surface area contributed by atoms with E-state index in [0.717, 1.165) is 11.1 Å². The fraction of sp³-hybridized carbons (Fsp3) is 0.235. The molecule has 21 heavy (non-hydrogen) atoms. The average Bonchev–Trinajstić information content (AvgIpc) is 2.45. The number of hydrogen-bond donors (Lipinski definition) is 0. The fourth-order valence-electron chi connectivity index (χ4n) is 1.94. The van der Waals surface area contributed by atoms with Gasteiger partial charge in [-0.15, -0.1) is 0 Å². The molecule has 0 saturated heterocycles. The third-order valence-corrected chi connectivity index (χ3v) is 4.01. The van der Waals surface area contributed by atoms with Gasteiger partial charge in [-0.1, -0.05) is 12.1 Å². The van der Waals surface area contributed by atoms with Crippen LogP contribution in [0.15, 0.2) is 40.9 Å². The molecule has 0 aliphatic carbocycles. The monoisotopic (exact) mass is 350 g/mol. The number of benzene rings is 2. The van der Waals surface area contributed by atoms with E-state index in [1.165, 1.54) is 6.07 Å². The zero-order valence-corrected chi connectivity index (χ0v) is 13.7. The van der Waals surface area contributed by atoms with Gasteiger partial charge in [-0.05, 0) is 66.0 Å². The lowest BCUT2D eigenvalue weighted by Gasteiger charge is -2.14. The van der Waals surface area contributed by atoms with E-state index in [-0.39, 0.29) is 5.78 Å². The van der Waals surface area contributed by atoms with Gasteiger partial charge in [0.1, 0.15) is 11.6 Å². The molecule has 0 aliphatic heterocycles. The molecule has 2 aromatic rings. The van der Waals surface area contributed by atoms with E-state index in [4.69, 9.17) is 4.74 Å². The minimum atomic E-state index is -0.673. The highest BCUT2D eigenvalue weighted by molar-refractivity contribution is 9.10. The summed E-state index contributed by atoms with van der Waals surface area (Å²) in [6.07, 6.45) is -0.673. The molecule has 2 aromatic carbocycles. The summed E-state index contributed by atoms with van der Waals surface area (Å²) in [6.45, 7) is 5.62. The lowest BCUT2D eigenvalue weighted by Crippen LogP contribution is -2.24. The Balaban J connectivity index is 2.15. The zero-order valence-electron chi connectivity index (χ0n) is 12.1. The SMILES string of the molecule is Cc1ccc(C(=O)C(C)Oc2ccc(Br)c(F)c2)cc1C. The maximum absolute atomic E-state index is 13.4. The van der Waals surface area contributed by atoms with Crippen molar-refractivity contribution in [1.82, 2.24) is 0 Å². The highest BCUT2D eigenvalue weighted by Gasteiger charge is 2.17. The lowest BCUT2D eigenvalue weighted by molar-refractivity contribution is 0.0817. The third-order valence-electron chi connectivity index (χ3n) is 3.36. The first kappa shape index (κ1) is 15.7. The van der Waals surface area contributed by atoms with E-state index in [9.17, 15) is 9.18 Å². The lowest BCUT2D eigenvalue weighted by atomic mass is 10.0. The summed E-state index contributed by atoms with van der Waals surface area (Å²) < 4.78 is 19.3. The molecule has 0 saturated carbocycles. The van der Waals surface area contributed by atoms with Crippen LogP contribution in [0.3, 0.4) is 0 Å². The Hall–Kier alpha value is -1.68. The first-order chi connectivity index (χ1) is 9.88. The van der Waals surface area contributed by atoms with Crippen LogP contribution in [0.5, 0.6) is 5.75 Å². The Labute approximate surface area is 132 Å². The van der Waals surface area contributed by atoms with Crippen LogP contribution in [-0.2, 0) is 0 Å². The number of carbonyl (C=O) groups excluding carboxylic acids is 1. The molecule has 0 radical (unpaired) electrons. The van der Waals surface area contributed by atoms with E-state index in [1.807, 2.05) is 26.0 Å². The predicted molar refractivity (Wildman–Crippen MR) is 84.4 cm³/mol. The summed E-state index contributed by atoms with van der Waals surface area (Å²) in [5, 5.41) is 0. The zero-order chi connectivity index (χ0) is 15.6. The van der Waals surface area contributed by atoms with Crippen molar-refractivity contribution < 1.29 is 13.9 Å². The fourth-order valence-corrected chi connectivity index (χ4v) is 2.18. The maximum atomic E-state index is 13.4. The summed E-state index contributed by atoms with van der Waals surface area (Å²) in [4.78, 5) is 12.3. The number of carbonyl (C=O) groups is 1. The number of ketones is 1. The molecule has 0 N–H and O–H groups in total. The maximum Gasteiger partial charge on any atom is 0.203 e. The molecule has 1 unspecified atom stereocenters. The van der Waals surface area contributed by atoms with E-state index in [2.05, 4.69) is 15.9 Å². The largest absolute Gasteiger partial charge is 0.482 e. The van der Waals surface area contributed by atoms with Gasteiger partial charge in [0.2, 0.25) is 5.78 Å². The van der Waals surface area contributed by atoms with Crippen molar-refractivity contribution in [2.24, 2.45) is 0 Å². The smallest absolute Gasteiger partial charge is 0.203 e. The topological polar surface area (TPSA) is 26.3 Å². The first-order valence-electron chi connectivity index (χ1n) is 6.61. The number of rotatable bonds is 4. The summed E-state index contributed by atoms with van der Waals surface area (Å²) in [5.74, 6) is -0.208. The van der Waals surface area contributed by atoms with Crippen molar-refractivity contribution >= 4 is 21.7 Å². The third kappa shape index (κ3) is 3.70. The van der Waals surface area contributed by atoms with Crippen LogP contribution in [0.25, 0.3) is 0 Å². The number of ether oxygens (including phenoxy) is 1. The predicted octanol–water partition coefficient (Wildman–Crippen LogP) is 4.86. The second-order valence-corrected chi connectivity index (χ2v) is 5.85. The van der Waals surface area contributed by atoms with Crippen molar-refractivity contribution in [2.75, 3.05) is 0 Å². The molecule has 0 aromatic heterocycles. The standard InChI is InChI=1S/C17H16BrFO2/c1-10-4-5-13(8-11(10)2)17(20)12(3)21-14-6-7-15(18)16(19)9-14/h4-9,12H,1-3H3. The quantitative estimate of drug-likeness (QED) is 0.736. The first-order valence-corrected chi connectivity index (χ1v) is 7.41. The molecule has 0 spiro atoms. The Morgan fingerprint density at radius 2 is 1.86 bits per heavy atom. The molecule has 0 aliphatic rings. The van der Waals surface area contributed by atoms with Crippen molar-refractivity contribution in [3.05, 3.63) is 63.4 Å². The summed E-state index contributed by atoms with van der Waals surface area (Å²) >= 11 is 3.08. The van der Waals surface area contributed by atoms with Crippen LogP contribution in [-0.4, -0.2) is 11.9 Å². The molecule has 4 heteroatoms. The Bertz CT molecular complexity index is 682. The molecule has 0 amide bonds. The number of Topliss-reactive ketones (excluding diaryl/α,β-unsaturated/α-hetero) is 1. The van der Waals surface area contributed by atoms with Gasteiger partial charge in [0, 0.05) is 11.6 Å². The van der Waals surface area contributed by atoms with Crippen LogP contribution < -0.4 is 4.74 Å². The number of aryl methyl sites for hydroxylation is 2. The van der Waals surface area contributed by atoms with Crippen molar-refractivity contribution in [3.63, 3.8) is 0 Å². The van der Waals surface area contributed by atoms with Crippen molar-refractivity contribution in [3.8, 4) is 5.75 Å². The molecule has 0 fully saturated rings. The van der Waals surface area contributed by atoms with Crippen LogP contribution in [0, 0.1) is 19.7 Å². The summed E-state index contributed by atoms with van der Waals surface area (Å²) in [7, 11) is 0. The molecule has 2 nitrogen and oxygen atoms in total. The Morgan fingerprint density at radius 3 is 2.48 bits per heavy atom. The van der Waals surface area contributed by atoms with E-state index >= 15 is 0 Å². The van der Waals surface area contributed by atoms with Gasteiger partial charge < -0.3 is 4.74 Å². The van der Waals surface area contributed by atoms with Crippen LogP contribution in [0.1, 0.15) is 28.4 Å². The van der Waals surface area contributed by atoms with Gasteiger partial charge in [-0.25, -0.2) is 4.39 Å². The van der Waals surface area contributed by atoms with Crippen molar-refractivity contribution in [2.45, 2.75) is 26.9 Å². The van der Waals surface area contributed by atoms with Gasteiger partial charge in [0.25, 0.3) is 0 Å². The minimum absolute atomic E-state index is 0.124. The van der Waals surface area contributed by atoms with E-state index in [1.54, 1.807) is 25.1 Å². The van der Waals surface area contributed by atoms with Crippen LogP contribution in [0.4, 0.5) is 4.39 Å². The highest BCUT2D eigenvalue weighted by atomic mass is 79.9. The molecular weight excluding hydrogens is 335 g/mol. The van der Waals surface area contributed by atoms with Gasteiger partial charge >= 0.3 is 0 Å². The second kappa shape index (κ2) is 6.39. The summed E-state index contributed by atoms with van der Waals surface area (Å²) in [5.41, 5.74) is 2.79. The van der Waals surface area contributed by atoms with E-state index in [0.29, 0.717) is 15.8 Å². The average molecular weight is 351 g/mol. The van der Waals surface area contributed by atoms with E-state index < -0.39 is 11.9 Å². The van der Waals surface area contributed by atoms with Gasteiger partial charge in [-0.2, -0.15) is 0 Å². The normalized spacial score (nSPS) is 12.0. The van der Waals surface area contributed by atoms with Crippen molar-refractivity contribution in [1.29, 1.82) is 0 Å². The van der Waals surface area contributed by atoms with Gasteiger partial charge in [-0.3, -0.25) is 4.79 Å². The van der Waals surface area contributed by atoms with Crippen LogP contribution >= 0.6 is 15.9 Å². The number of halogens is 2. The molecule has 1 atom stereocenters. The second-order valence-electron chi connectivity index (χ2n) is 5.00. The molecular formula is C17H16BrFO2. The molecule has 0 heterocycles. The Morgan fingerprint density at radius 1 is 1.14 bits per heavy atom. The molecule has 2 rings (SSSR count). The molecule has 0 bridgehead atoms. The Kier molecular flexibility index (Phi) is 4.78. The highest BCUT2D eigenvalue weighted by Crippen LogP contribution is 2.22. The summed E-state index contributed by atoms with van der Waals surface area (Å²) in [6, 6.07) is 9.98. The minimum Gasteiger partial charge on any atom is -0.482 e. The van der Waals surface area contributed by atoms with Gasteiger partial charge in [0.05, 0.1) is 4.47 Å². The van der Waals surface area contributed by atoms with Gasteiger partial charge in [0.15, 0.2) is 6.10 Å². The van der Waals surface area contributed by atoms with Crippen LogP contribution in [0.2, 0.25) is 0 Å². The number of hydrogen-bond acceptors (Lipinski definition) is 2.